The van der Waals surface area contributed by atoms with Crippen LogP contribution in [0.5, 0.6) is 0 Å². The summed E-state index contributed by atoms with van der Waals surface area (Å²) in [5.41, 5.74) is 2.48. The Morgan fingerprint density at radius 3 is 2.43 bits per heavy atom. The first-order chi connectivity index (χ1) is 3.35. The summed E-state index contributed by atoms with van der Waals surface area (Å²) >= 11 is 0. The zero-order valence-electron chi connectivity index (χ0n) is 4.77. The maximum absolute atomic E-state index is 5.02. The molecular formula is C4H12N2O. The van der Waals surface area contributed by atoms with Crippen LogP contribution in [0, 0.1) is 0 Å². The third kappa shape index (κ3) is 2.56. The van der Waals surface area contributed by atoms with E-state index in [1.807, 2.05) is 6.92 Å². The van der Waals surface area contributed by atoms with Gasteiger partial charge in [-0.25, -0.2) is 5.43 Å². The lowest BCUT2D eigenvalue weighted by atomic mass is 10.4. The molecule has 0 aliphatic heterocycles. The van der Waals surface area contributed by atoms with Crippen LogP contribution >= 0.6 is 0 Å². The summed E-state index contributed by atoms with van der Waals surface area (Å²) in [6, 6.07) is 0. The van der Waals surface area contributed by atoms with Gasteiger partial charge in [0.1, 0.15) is 6.23 Å². The SMILES string of the molecule is CCC(NN)OC. The van der Waals surface area contributed by atoms with Gasteiger partial charge in [0.25, 0.3) is 0 Å². The fourth-order valence-electron chi connectivity index (χ4n) is 0.353. The highest BCUT2D eigenvalue weighted by Crippen LogP contribution is 1.85. The molecule has 0 saturated heterocycles. The van der Waals surface area contributed by atoms with Gasteiger partial charge in [0, 0.05) is 7.11 Å². The minimum atomic E-state index is 0.0139. The third-order valence-electron chi connectivity index (χ3n) is 0.841. The van der Waals surface area contributed by atoms with Crippen molar-refractivity contribution in [3.05, 3.63) is 0 Å². The van der Waals surface area contributed by atoms with Crippen molar-refractivity contribution < 1.29 is 4.74 Å². The van der Waals surface area contributed by atoms with Crippen LogP contribution in [0.3, 0.4) is 0 Å². The Kier molecular flexibility index (Phi) is 3.98. The Morgan fingerprint density at radius 2 is 2.43 bits per heavy atom. The predicted octanol–water partition coefficient (Wildman–Crippen LogP) is -0.168. The summed E-state index contributed by atoms with van der Waals surface area (Å²) in [7, 11) is 1.62. The van der Waals surface area contributed by atoms with Gasteiger partial charge in [-0.2, -0.15) is 0 Å². The topological polar surface area (TPSA) is 47.3 Å². The molecule has 44 valence electrons. The fourth-order valence-corrected chi connectivity index (χ4v) is 0.353. The van der Waals surface area contributed by atoms with Crippen molar-refractivity contribution in [1.82, 2.24) is 5.43 Å². The summed E-state index contributed by atoms with van der Waals surface area (Å²) in [5, 5.41) is 0. The van der Waals surface area contributed by atoms with E-state index in [2.05, 4.69) is 5.43 Å². The van der Waals surface area contributed by atoms with E-state index in [-0.39, 0.29) is 6.23 Å². The monoisotopic (exact) mass is 104 g/mol. The van der Waals surface area contributed by atoms with Crippen molar-refractivity contribution in [3.63, 3.8) is 0 Å². The maximum Gasteiger partial charge on any atom is 0.119 e. The van der Waals surface area contributed by atoms with Crippen LogP contribution in [-0.2, 0) is 4.74 Å². The normalized spacial score (nSPS) is 14.1. The van der Waals surface area contributed by atoms with E-state index in [0.29, 0.717) is 0 Å². The molecule has 0 aromatic heterocycles. The summed E-state index contributed by atoms with van der Waals surface area (Å²) in [4.78, 5) is 0. The molecule has 0 radical (unpaired) electrons. The zero-order valence-corrected chi connectivity index (χ0v) is 4.77. The molecule has 1 unspecified atom stereocenters. The molecule has 3 N–H and O–H groups in total. The average molecular weight is 104 g/mol. The van der Waals surface area contributed by atoms with Gasteiger partial charge in [-0.15, -0.1) is 0 Å². The molecule has 0 aromatic rings. The molecule has 0 aromatic carbocycles. The molecule has 3 nitrogen and oxygen atoms in total. The molecule has 0 rings (SSSR count). The number of ether oxygens (including phenoxy) is 1. The highest BCUT2D eigenvalue weighted by molar-refractivity contribution is 4.40. The third-order valence-corrected chi connectivity index (χ3v) is 0.841. The largest absolute Gasteiger partial charge is 0.365 e. The van der Waals surface area contributed by atoms with Crippen LogP contribution < -0.4 is 11.3 Å². The number of nitrogens with one attached hydrogen (secondary N) is 1. The van der Waals surface area contributed by atoms with Gasteiger partial charge in [0.15, 0.2) is 0 Å². The van der Waals surface area contributed by atoms with E-state index < -0.39 is 0 Å². The van der Waals surface area contributed by atoms with Gasteiger partial charge in [0.05, 0.1) is 0 Å². The number of rotatable bonds is 3. The lowest BCUT2D eigenvalue weighted by Gasteiger charge is -2.08. The molecular weight excluding hydrogens is 92.1 g/mol. The smallest absolute Gasteiger partial charge is 0.119 e. The number of hydrazine groups is 1. The maximum atomic E-state index is 5.02. The van der Waals surface area contributed by atoms with E-state index in [9.17, 15) is 0 Å². The van der Waals surface area contributed by atoms with Crippen molar-refractivity contribution in [2.24, 2.45) is 5.84 Å². The van der Waals surface area contributed by atoms with Crippen molar-refractivity contribution in [2.45, 2.75) is 19.6 Å². The molecule has 0 fully saturated rings. The van der Waals surface area contributed by atoms with Crippen molar-refractivity contribution >= 4 is 0 Å². The standard InChI is InChI=1S/C4H12N2O/c1-3-4(6-5)7-2/h4,6H,3,5H2,1-2H3. The first-order valence-corrected chi connectivity index (χ1v) is 2.34. The van der Waals surface area contributed by atoms with E-state index in [4.69, 9.17) is 10.6 Å². The Labute approximate surface area is 43.8 Å². The lowest BCUT2D eigenvalue weighted by Crippen LogP contribution is -2.35. The van der Waals surface area contributed by atoms with Crippen molar-refractivity contribution in [2.75, 3.05) is 7.11 Å². The predicted molar refractivity (Wildman–Crippen MR) is 28.4 cm³/mol. The molecule has 0 saturated carbocycles. The van der Waals surface area contributed by atoms with Crippen LogP contribution in [0.15, 0.2) is 0 Å². The minimum Gasteiger partial charge on any atom is -0.365 e. The number of hydrogen-bond acceptors (Lipinski definition) is 3. The second kappa shape index (κ2) is 4.05. The highest BCUT2D eigenvalue weighted by atomic mass is 16.5. The van der Waals surface area contributed by atoms with Crippen molar-refractivity contribution in [1.29, 1.82) is 0 Å². The quantitative estimate of drug-likeness (QED) is 0.297. The first kappa shape index (κ1) is 6.88. The summed E-state index contributed by atoms with van der Waals surface area (Å²) < 4.78 is 4.81. The molecule has 1 atom stereocenters. The Morgan fingerprint density at radius 1 is 1.86 bits per heavy atom. The van der Waals surface area contributed by atoms with Crippen LogP contribution in [0.25, 0.3) is 0 Å². The van der Waals surface area contributed by atoms with E-state index in [1.54, 1.807) is 7.11 Å². The molecule has 0 spiro atoms. The van der Waals surface area contributed by atoms with Crippen LogP contribution in [0.4, 0.5) is 0 Å². The summed E-state index contributed by atoms with van der Waals surface area (Å²) in [5.74, 6) is 5.02. The van der Waals surface area contributed by atoms with Gasteiger partial charge in [0.2, 0.25) is 0 Å². The van der Waals surface area contributed by atoms with Crippen LogP contribution in [0.2, 0.25) is 0 Å². The Hall–Kier alpha value is -0.120. The molecule has 7 heavy (non-hydrogen) atoms. The van der Waals surface area contributed by atoms with E-state index in [0.717, 1.165) is 6.42 Å². The first-order valence-electron chi connectivity index (χ1n) is 2.34. The van der Waals surface area contributed by atoms with E-state index in [1.165, 1.54) is 0 Å². The van der Waals surface area contributed by atoms with Gasteiger partial charge in [-0.1, -0.05) is 6.92 Å². The second-order valence-corrected chi connectivity index (χ2v) is 1.30. The van der Waals surface area contributed by atoms with Crippen molar-refractivity contribution in [3.8, 4) is 0 Å². The van der Waals surface area contributed by atoms with Crippen LogP contribution in [0.1, 0.15) is 13.3 Å². The Balaban J connectivity index is 2.99. The van der Waals surface area contributed by atoms with Gasteiger partial charge in [-0.3, -0.25) is 5.84 Å². The minimum absolute atomic E-state index is 0.0139. The molecule has 3 heteroatoms. The summed E-state index contributed by atoms with van der Waals surface area (Å²) in [6.07, 6.45) is 0.910. The zero-order chi connectivity index (χ0) is 5.70. The molecule has 0 heterocycles. The fraction of sp³-hybridized carbons (Fsp3) is 1.00. The van der Waals surface area contributed by atoms with Gasteiger partial charge >= 0.3 is 0 Å². The Bertz CT molecular complexity index is 31.2. The molecule has 0 bridgehead atoms. The second-order valence-electron chi connectivity index (χ2n) is 1.30. The molecule has 0 aliphatic carbocycles. The number of hydrogen-bond donors (Lipinski definition) is 2. The van der Waals surface area contributed by atoms with Crippen LogP contribution in [-0.4, -0.2) is 13.3 Å². The van der Waals surface area contributed by atoms with E-state index >= 15 is 0 Å². The van der Waals surface area contributed by atoms with Gasteiger partial charge in [-0.05, 0) is 6.42 Å². The molecule has 0 aliphatic rings. The number of nitrogens with two attached hydrogens (primary N) is 1. The lowest BCUT2D eigenvalue weighted by molar-refractivity contribution is 0.0713. The van der Waals surface area contributed by atoms with Gasteiger partial charge < -0.3 is 4.74 Å². The molecule has 0 amide bonds. The number of methoxy groups -OCH3 is 1. The summed E-state index contributed by atoms with van der Waals surface area (Å²) in [6.45, 7) is 1.99. The highest BCUT2D eigenvalue weighted by Gasteiger charge is 1.95. The average Bonchev–Trinajstić information content (AvgIpc) is 1.72.